The summed E-state index contributed by atoms with van der Waals surface area (Å²) in [6.45, 7) is 1.92. The van der Waals surface area contributed by atoms with Gasteiger partial charge in [-0.25, -0.2) is 9.97 Å². The smallest absolute Gasteiger partial charge is 0.146 e. The van der Waals surface area contributed by atoms with Gasteiger partial charge in [0, 0.05) is 6.20 Å². The summed E-state index contributed by atoms with van der Waals surface area (Å²) in [6.07, 6.45) is 2.98. The summed E-state index contributed by atoms with van der Waals surface area (Å²) in [5, 5.41) is 10.6. The number of aromatic amines is 1. The van der Waals surface area contributed by atoms with Crippen LogP contribution in [0.3, 0.4) is 0 Å². The molecule has 0 saturated carbocycles. The number of nitrogens with zero attached hydrogens (tertiary/aromatic N) is 3. The molecule has 0 amide bonds. The number of halogens is 2. The fourth-order valence-corrected chi connectivity index (χ4v) is 1.65. The van der Waals surface area contributed by atoms with Crippen molar-refractivity contribution in [2.75, 3.05) is 5.32 Å². The van der Waals surface area contributed by atoms with Gasteiger partial charge in [-0.3, -0.25) is 5.10 Å². The van der Waals surface area contributed by atoms with Crippen LogP contribution in [0.5, 0.6) is 0 Å². The number of rotatable bonds is 3. The van der Waals surface area contributed by atoms with Crippen molar-refractivity contribution in [3.8, 4) is 0 Å². The van der Waals surface area contributed by atoms with Crippen LogP contribution in [0.1, 0.15) is 18.8 Å². The summed E-state index contributed by atoms with van der Waals surface area (Å²) >= 11 is 11.7. The zero-order valence-corrected chi connectivity index (χ0v) is 9.92. The van der Waals surface area contributed by atoms with Crippen LogP contribution in [0, 0.1) is 0 Å². The van der Waals surface area contributed by atoms with Crippen LogP contribution in [-0.4, -0.2) is 20.2 Å². The first-order chi connectivity index (χ1) is 7.66. The summed E-state index contributed by atoms with van der Waals surface area (Å²) in [7, 11) is 0. The molecule has 16 heavy (non-hydrogen) atoms. The van der Waals surface area contributed by atoms with Crippen molar-refractivity contribution in [3.05, 3.63) is 34.5 Å². The molecule has 84 valence electrons. The summed E-state index contributed by atoms with van der Waals surface area (Å²) in [4.78, 5) is 8.12. The van der Waals surface area contributed by atoms with Gasteiger partial charge >= 0.3 is 0 Å². The fraction of sp³-hybridized carbons (Fsp3) is 0.222. The minimum Gasteiger partial charge on any atom is -0.359 e. The number of hydrogen-bond donors (Lipinski definition) is 2. The highest BCUT2D eigenvalue weighted by molar-refractivity contribution is 6.35. The lowest BCUT2D eigenvalue weighted by Gasteiger charge is -2.12. The molecule has 7 heteroatoms. The molecule has 0 aliphatic heterocycles. The molecule has 0 aromatic carbocycles. The summed E-state index contributed by atoms with van der Waals surface area (Å²) in [5.74, 6) is 1.28. The van der Waals surface area contributed by atoms with E-state index in [1.165, 1.54) is 12.5 Å². The van der Waals surface area contributed by atoms with Gasteiger partial charge < -0.3 is 5.32 Å². The molecule has 2 aromatic heterocycles. The maximum Gasteiger partial charge on any atom is 0.146 e. The minimum atomic E-state index is -0.0614. The van der Waals surface area contributed by atoms with Gasteiger partial charge in [0.1, 0.15) is 18.0 Å². The number of pyridine rings is 1. The maximum absolute atomic E-state index is 5.98. The SMILES string of the molecule is CC(Nc1ncc(Cl)cc1Cl)c1ncn[nH]1. The van der Waals surface area contributed by atoms with E-state index in [-0.39, 0.29) is 6.04 Å². The van der Waals surface area contributed by atoms with Gasteiger partial charge in [0.2, 0.25) is 0 Å². The Hall–Kier alpha value is -1.33. The van der Waals surface area contributed by atoms with E-state index in [9.17, 15) is 0 Å². The van der Waals surface area contributed by atoms with Crippen LogP contribution in [-0.2, 0) is 0 Å². The molecule has 0 spiro atoms. The Morgan fingerprint density at radius 2 is 2.19 bits per heavy atom. The van der Waals surface area contributed by atoms with E-state index in [2.05, 4.69) is 25.5 Å². The Bertz CT molecular complexity index is 471. The molecule has 1 atom stereocenters. The molecule has 2 rings (SSSR count). The predicted molar refractivity (Wildman–Crippen MR) is 62.7 cm³/mol. The summed E-state index contributed by atoms with van der Waals surface area (Å²) in [5.41, 5.74) is 0. The third-order valence-corrected chi connectivity index (χ3v) is 2.50. The van der Waals surface area contributed by atoms with Crippen LogP contribution in [0.4, 0.5) is 5.82 Å². The molecule has 2 N–H and O–H groups in total. The molecule has 5 nitrogen and oxygen atoms in total. The Labute approximate surface area is 102 Å². The summed E-state index contributed by atoms with van der Waals surface area (Å²) in [6, 6.07) is 1.57. The van der Waals surface area contributed by atoms with Crippen molar-refractivity contribution in [1.29, 1.82) is 0 Å². The highest BCUT2D eigenvalue weighted by atomic mass is 35.5. The average Bonchev–Trinajstić information content (AvgIpc) is 2.75. The molecule has 0 radical (unpaired) electrons. The van der Waals surface area contributed by atoms with Crippen LogP contribution < -0.4 is 5.32 Å². The van der Waals surface area contributed by atoms with E-state index in [0.29, 0.717) is 21.7 Å². The number of anilines is 1. The second-order valence-corrected chi connectivity index (χ2v) is 4.06. The average molecular weight is 258 g/mol. The van der Waals surface area contributed by atoms with Gasteiger partial charge in [0.15, 0.2) is 0 Å². The van der Waals surface area contributed by atoms with Crippen molar-refractivity contribution in [2.24, 2.45) is 0 Å². The number of H-pyrrole nitrogens is 1. The Kier molecular flexibility index (Phi) is 3.26. The lowest BCUT2D eigenvalue weighted by Crippen LogP contribution is -2.09. The third-order valence-electron chi connectivity index (χ3n) is 2.00. The van der Waals surface area contributed by atoms with Crippen molar-refractivity contribution < 1.29 is 0 Å². The maximum atomic E-state index is 5.98. The Morgan fingerprint density at radius 3 is 2.81 bits per heavy atom. The first-order valence-electron chi connectivity index (χ1n) is 4.59. The highest BCUT2D eigenvalue weighted by Gasteiger charge is 2.11. The first-order valence-corrected chi connectivity index (χ1v) is 5.35. The molecule has 0 bridgehead atoms. The second kappa shape index (κ2) is 4.67. The molecule has 0 aliphatic carbocycles. The van der Waals surface area contributed by atoms with Gasteiger partial charge in [-0.15, -0.1) is 0 Å². The topological polar surface area (TPSA) is 66.5 Å². The van der Waals surface area contributed by atoms with E-state index >= 15 is 0 Å². The lowest BCUT2D eigenvalue weighted by molar-refractivity contribution is 0.790. The van der Waals surface area contributed by atoms with Crippen molar-refractivity contribution in [2.45, 2.75) is 13.0 Å². The zero-order valence-electron chi connectivity index (χ0n) is 8.41. The van der Waals surface area contributed by atoms with E-state index in [4.69, 9.17) is 23.2 Å². The Balaban J connectivity index is 2.15. The standard InChI is InChI=1S/C9H9Cl2N5/c1-5(8-13-4-14-16-8)15-9-7(11)2-6(10)3-12-9/h2-5H,1H3,(H,12,15)(H,13,14,16). The fourth-order valence-electron chi connectivity index (χ4n) is 1.22. The van der Waals surface area contributed by atoms with Crippen LogP contribution in [0.15, 0.2) is 18.6 Å². The number of hydrogen-bond acceptors (Lipinski definition) is 4. The van der Waals surface area contributed by atoms with Gasteiger partial charge in [0.25, 0.3) is 0 Å². The highest BCUT2D eigenvalue weighted by Crippen LogP contribution is 2.25. The van der Waals surface area contributed by atoms with Crippen LogP contribution in [0.25, 0.3) is 0 Å². The molecular formula is C9H9Cl2N5. The molecular weight excluding hydrogens is 249 g/mol. The van der Waals surface area contributed by atoms with E-state index in [1.807, 2.05) is 6.92 Å². The van der Waals surface area contributed by atoms with Gasteiger partial charge in [0.05, 0.1) is 16.1 Å². The molecule has 2 heterocycles. The lowest BCUT2D eigenvalue weighted by atomic mass is 10.3. The normalized spacial score (nSPS) is 12.4. The Morgan fingerprint density at radius 1 is 1.38 bits per heavy atom. The number of aromatic nitrogens is 4. The quantitative estimate of drug-likeness (QED) is 0.888. The minimum absolute atomic E-state index is 0.0614. The van der Waals surface area contributed by atoms with Crippen molar-refractivity contribution in [3.63, 3.8) is 0 Å². The van der Waals surface area contributed by atoms with E-state index < -0.39 is 0 Å². The zero-order chi connectivity index (χ0) is 11.5. The van der Waals surface area contributed by atoms with E-state index in [0.717, 1.165) is 0 Å². The molecule has 2 aromatic rings. The van der Waals surface area contributed by atoms with Gasteiger partial charge in [-0.1, -0.05) is 23.2 Å². The summed E-state index contributed by atoms with van der Waals surface area (Å²) < 4.78 is 0. The van der Waals surface area contributed by atoms with Gasteiger partial charge in [-0.05, 0) is 13.0 Å². The molecule has 0 aliphatic rings. The number of nitrogens with one attached hydrogen (secondary N) is 2. The monoisotopic (exact) mass is 257 g/mol. The molecule has 1 unspecified atom stereocenters. The van der Waals surface area contributed by atoms with E-state index in [1.54, 1.807) is 6.07 Å². The van der Waals surface area contributed by atoms with Crippen LogP contribution >= 0.6 is 23.2 Å². The van der Waals surface area contributed by atoms with Crippen LogP contribution in [0.2, 0.25) is 10.0 Å². The molecule has 0 fully saturated rings. The van der Waals surface area contributed by atoms with Crippen molar-refractivity contribution in [1.82, 2.24) is 20.2 Å². The predicted octanol–water partition coefficient (Wildman–Crippen LogP) is 2.68. The van der Waals surface area contributed by atoms with Gasteiger partial charge in [-0.2, -0.15) is 5.10 Å². The van der Waals surface area contributed by atoms with Crippen molar-refractivity contribution >= 4 is 29.0 Å². The second-order valence-electron chi connectivity index (χ2n) is 3.22. The third kappa shape index (κ3) is 2.43. The largest absolute Gasteiger partial charge is 0.359 e. The first kappa shape index (κ1) is 11.2. The molecule has 0 saturated heterocycles.